The van der Waals surface area contributed by atoms with Crippen LogP contribution in [0, 0.1) is 18.6 Å². The van der Waals surface area contributed by atoms with E-state index in [0.29, 0.717) is 22.2 Å². The van der Waals surface area contributed by atoms with Gasteiger partial charge in [-0.25, -0.2) is 9.78 Å². The molecule has 3 aromatic rings. The van der Waals surface area contributed by atoms with Gasteiger partial charge in [-0.2, -0.15) is 14.9 Å². The van der Waals surface area contributed by atoms with Crippen LogP contribution in [0.1, 0.15) is 17.0 Å². The van der Waals surface area contributed by atoms with E-state index in [9.17, 15) is 0 Å². The highest BCUT2D eigenvalue weighted by molar-refractivity contribution is 7.71. The van der Waals surface area contributed by atoms with E-state index in [-0.39, 0.29) is 0 Å². The minimum absolute atomic E-state index is 0.369. The molecule has 3 rings (SSSR count). The van der Waals surface area contributed by atoms with Crippen LogP contribution in [0.3, 0.4) is 0 Å². The molecule has 0 fully saturated rings. The van der Waals surface area contributed by atoms with Crippen molar-refractivity contribution in [1.29, 1.82) is 0 Å². The lowest BCUT2D eigenvalue weighted by atomic mass is 10.2. The van der Waals surface area contributed by atoms with Gasteiger partial charge < -0.3 is 9.47 Å². The predicted molar refractivity (Wildman–Crippen MR) is 96.5 cm³/mol. The SMILES string of the molecule is COc1cc(/C=N\n2c(-n3nc(C)cc3C)n[nH]c2=S)cc(OC)c1. The summed E-state index contributed by atoms with van der Waals surface area (Å²) in [6.07, 6.45) is 1.66. The Bertz CT molecular complexity index is 963. The molecule has 2 aromatic heterocycles. The van der Waals surface area contributed by atoms with Crippen LogP contribution in [0.25, 0.3) is 5.95 Å². The molecule has 0 saturated heterocycles. The molecule has 130 valence electrons. The maximum atomic E-state index is 5.28. The van der Waals surface area contributed by atoms with Crippen LogP contribution < -0.4 is 9.47 Å². The van der Waals surface area contributed by atoms with Gasteiger partial charge >= 0.3 is 0 Å². The minimum Gasteiger partial charge on any atom is -0.497 e. The molecule has 1 aromatic carbocycles. The van der Waals surface area contributed by atoms with Gasteiger partial charge in [-0.1, -0.05) is 0 Å². The van der Waals surface area contributed by atoms with Crippen LogP contribution in [0.15, 0.2) is 29.4 Å². The van der Waals surface area contributed by atoms with Gasteiger partial charge in [0.1, 0.15) is 11.5 Å². The number of H-pyrrole nitrogens is 1. The molecule has 0 aliphatic heterocycles. The van der Waals surface area contributed by atoms with Crippen molar-refractivity contribution in [3.63, 3.8) is 0 Å². The standard InChI is InChI=1S/C16H18N6O2S/c1-10-5-11(2)21(20-10)15-18-19-16(25)22(15)17-9-12-6-13(23-3)8-14(7-12)24-4/h5-9H,1-4H3,(H,19,25)/b17-9-. The van der Waals surface area contributed by atoms with E-state index in [1.54, 1.807) is 31.2 Å². The van der Waals surface area contributed by atoms with Crippen molar-refractivity contribution in [2.45, 2.75) is 13.8 Å². The van der Waals surface area contributed by atoms with Crippen molar-refractivity contribution in [1.82, 2.24) is 24.7 Å². The van der Waals surface area contributed by atoms with E-state index in [2.05, 4.69) is 20.4 Å². The monoisotopic (exact) mass is 358 g/mol. The van der Waals surface area contributed by atoms with Crippen molar-refractivity contribution < 1.29 is 9.47 Å². The van der Waals surface area contributed by atoms with Crippen molar-refractivity contribution in [3.8, 4) is 17.4 Å². The van der Waals surface area contributed by atoms with Crippen LogP contribution in [-0.4, -0.2) is 45.1 Å². The quantitative estimate of drug-likeness (QED) is 0.560. The Morgan fingerprint density at radius 3 is 2.36 bits per heavy atom. The predicted octanol–water partition coefficient (Wildman–Crippen LogP) is 2.64. The van der Waals surface area contributed by atoms with E-state index >= 15 is 0 Å². The molecule has 9 heteroatoms. The molecule has 0 aliphatic rings. The van der Waals surface area contributed by atoms with Crippen LogP contribution in [-0.2, 0) is 0 Å². The molecule has 0 amide bonds. The number of nitrogens with one attached hydrogen (secondary N) is 1. The Balaban J connectivity index is 2.02. The fourth-order valence-electron chi connectivity index (χ4n) is 2.38. The summed E-state index contributed by atoms with van der Waals surface area (Å²) in [5, 5.41) is 15.8. The normalized spacial score (nSPS) is 11.2. The van der Waals surface area contributed by atoms with Crippen molar-refractivity contribution in [2.24, 2.45) is 5.10 Å². The number of ether oxygens (including phenoxy) is 2. The van der Waals surface area contributed by atoms with E-state index in [4.69, 9.17) is 21.7 Å². The van der Waals surface area contributed by atoms with Crippen molar-refractivity contribution >= 4 is 18.4 Å². The second-order valence-corrected chi connectivity index (χ2v) is 5.76. The zero-order valence-corrected chi connectivity index (χ0v) is 15.2. The summed E-state index contributed by atoms with van der Waals surface area (Å²) in [7, 11) is 3.20. The molecule has 0 radical (unpaired) electrons. The Labute approximate surface area is 149 Å². The second-order valence-electron chi connectivity index (χ2n) is 5.37. The third kappa shape index (κ3) is 3.45. The van der Waals surface area contributed by atoms with Crippen molar-refractivity contribution in [2.75, 3.05) is 14.2 Å². The highest BCUT2D eigenvalue weighted by Crippen LogP contribution is 2.21. The minimum atomic E-state index is 0.369. The molecule has 0 unspecified atom stereocenters. The first kappa shape index (κ1) is 16.9. The highest BCUT2D eigenvalue weighted by atomic mass is 32.1. The Morgan fingerprint density at radius 1 is 1.12 bits per heavy atom. The molecule has 0 bridgehead atoms. The number of methoxy groups -OCH3 is 2. The van der Waals surface area contributed by atoms with E-state index in [1.807, 2.05) is 32.0 Å². The molecule has 1 N–H and O–H groups in total. The molecular formula is C16H18N6O2S. The highest BCUT2D eigenvalue weighted by Gasteiger charge is 2.11. The van der Waals surface area contributed by atoms with Crippen molar-refractivity contribution in [3.05, 3.63) is 46.0 Å². The molecule has 8 nitrogen and oxygen atoms in total. The summed E-state index contributed by atoms with van der Waals surface area (Å²) in [6.45, 7) is 3.86. The molecule has 0 saturated carbocycles. The van der Waals surface area contributed by atoms with Gasteiger partial charge in [0.15, 0.2) is 0 Å². The molecule has 0 spiro atoms. The molecule has 2 heterocycles. The third-order valence-corrected chi connectivity index (χ3v) is 3.79. The number of rotatable bonds is 5. The fraction of sp³-hybridized carbons (Fsp3) is 0.250. The molecule has 25 heavy (non-hydrogen) atoms. The number of hydrogen-bond donors (Lipinski definition) is 1. The van der Waals surface area contributed by atoms with E-state index < -0.39 is 0 Å². The van der Waals surface area contributed by atoms with Gasteiger partial charge in [0.05, 0.1) is 26.1 Å². The summed E-state index contributed by atoms with van der Waals surface area (Å²) in [5.41, 5.74) is 2.63. The Kier molecular flexibility index (Phi) is 4.66. The maximum absolute atomic E-state index is 5.28. The zero-order chi connectivity index (χ0) is 18.0. The number of benzene rings is 1. The van der Waals surface area contributed by atoms with Crippen LogP contribution in [0.2, 0.25) is 0 Å². The third-order valence-electron chi connectivity index (χ3n) is 3.53. The van der Waals surface area contributed by atoms with E-state index in [0.717, 1.165) is 17.0 Å². The van der Waals surface area contributed by atoms with Crippen LogP contribution in [0.4, 0.5) is 0 Å². The zero-order valence-electron chi connectivity index (χ0n) is 14.3. The first-order chi connectivity index (χ1) is 12.0. The van der Waals surface area contributed by atoms with Crippen LogP contribution >= 0.6 is 12.2 Å². The average molecular weight is 358 g/mol. The smallest absolute Gasteiger partial charge is 0.271 e. The Hall–Kier alpha value is -2.94. The summed E-state index contributed by atoms with van der Waals surface area (Å²) < 4.78 is 14.1. The van der Waals surface area contributed by atoms with Gasteiger partial charge in [-0.3, -0.25) is 0 Å². The fourth-order valence-corrected chi connectivity index (χ4v) is 2.56. The lowest BCUT2D eigenvalue weighted by molar-refractivity contribution is 0.394. The Morgan fingerprint density at radius 2 is 1.80 bits per heavy atom. The lowest BCUT2D eigenvalue weighted by Crippen LogP contribution is -2.07. The topological polar surface area (TPSA) is 82.3 Å². The number of aromatic nitrogens is 5. The van der Waals surface area contributed by atoms with Gasteiger partial charge in [-0.05, 0) is 44.3 Å². The first-order valence-electron chi connectivity index (χ1n) is 7.50. The summed E-state index contributed by atoms with van der Waals surface area (Å²) in [5.74, 6) is 1.84. The summed E-state index contributed by atoms with van der Waals surface area (Å²) >= 11 is 5.28. The van der Waals surface area contributed by atoms with Gasteiger partial charge in [0.25, 0.3) is 5.95 Å². The number of aryl methyl sites for hydroxylation is 2. The first-order valence-corrected chi connectivity index (χ1v) is 7.91. The molecule has 0 atom stereocenters. The number of hydrogen-bond acceptors (Lipinski definition) is 6. The molecular weight excluding hydrogens is 340 g/mol. The lowest BCUT2D eigenvalue weighted by Gasteiger charge is -2.06. The van der Waals surface area contributed by atoms with Crippen LogP contribution in [0.5, 0.6) is 11.5 Å². The summed E-state index contributed by atoms with van der Waals surface area (Å²) in [4.78, 5) is 0. The molecule has 0 aliphatic carbocycles. The van der Waals surface area contributed by atoms with Gasteiger partial charge in [0, 0.05) is 17.3 Å². The number of nitrogens with zero attached hydrogens (tertiary/aromatic N) is 5. The van der Waals surface area contributed by atoms with Gasteiger partial charge in [0.2, 0.25) is 4.77 Å². The average Bonchev–Trinajstić information content (AvgIpc) is 3.13. The second kappa shape index (κ2) is 6.89. The largest absolute Gasteiger partial charge is 0.497 e. The van der Waals surface area contributed by atoms with E-state index in [1.165, 1.54) is 4.68 Å². The summed E-state index contributed by atoms with van der Waals surface area (Å²) in [6, 6.07) is 7.44. The number of aromatic amines is 1. The maximum Gasteiger partial charge on any atom is 0.271 e. The van der Waals surface area contributed by atoms with Gasteiger partial charge in [-0.15, -0.1) is 5.10 Å².